The highest BCUT2D eigenvalue weighted by Crippen LogP contribution is 2.31. The number of aromatic nitrogens is 3. The molecule has 0 saturated carbocycles. The van der Waals surface area contributed by atoms with E-state index in [-0.39, 0.29) is 5.41 Å². The highest BCUT2D eigenvalue weighted by atomic mass is 35.5. The van der Waals surface area contributed by atoms with Crippen molar-refractivity contribution in [2.24, 2.45) is 5.73 Å². The molecule has 2 rings (SSSR count). The summed E-state index contributed by atoms with van der Waals surface area (Å²) in [4.78, 5) is 4.02. The lowest BCUT2D eigenvalue weighted by molar-refractivity contribution is 0.319. The van der Waals surface area contributed by atoms with Crippen LogP contribution < -0.4 is 5.73 Å². The molecule has 0 radical (unpaired) electrons. The van der Waals surface area contributed by atoms with Crippen LogP contribution in [0.15, 0.2) is 36.9 Å². The topological polar surface area (TPSA) is 56.7 Å². The highest BCUT2D eigenvalue weighted by molar-refractivity contribution is 6.30. The number of nitrogens with zero attached hydrogens (tertiary/aromatic N) is 3. The Balaban J connectivity index is 2.32. The molecule has 20 heavy (non-hydrogen) atoms. The quantitative estimate of drug-likeness (QED) is 0.853. The van der Waals surface area contributed by atoms with E-state index in [4.69, 9.17) is 17.3 Å². The molecule has 0 aliphatic carbocycles. The molecule has 2 aromatic rings. The number of benzene rings is 1. The van der Waals surface area contributed by atoms with Crippen molar-refractivity contribution < 1.29 is 0 Å². The minimum atomic E-state index is -0.117. The number of hydrogen-bond donors (Lipinski definition) is 1. The van der Waals surface area contributed by atoms with E-state index in [9.17, 15) is 0 Å². The van der Waals surface area contributed by atoms with Gasteiger partial charge in [-0.05, 0) is 24.1 Å². The number of halogens is 1. The summed E-state index contributed by atoms with van der Waals surface area (Å²) >= 11 is 5.99. The van der Waals surface area contributed by atoms with Gasteiger partial charge in [0.1, 0.15) is 12.7 Å². The van der Waals surface area contributed by atoms with Gasteiger partial charge < -0.3 is 5.73 Å². The molecule has 4 nitrogen and oxygen atoms in total. The lowest BCUT2D eigenvalue weighted by Crippen LogP contribution is -2.39. The van der Waals surface area contributed by atoms with Crippen molar-refractivity contribution in [1.82, 2.24) is 14.8 Å². The molecule has 5 heteroatoms. The zero-order valence-corrected chi connectivity index (χ0v) is 12.6. The molecule has 0 saturated heterocycles. The molecule has 0 spiro atoms. The molecule has 1 aromatic heterocycles. The number of unbranched alkanes of at least 4 members (excludes halogenated alkanes) is 1. The average Bonchev–Trinajstić information content (AvgIpc) is 2.97. The van der Waals surface area contributed by atoms with Crippen molar-refractivity contribution in [2.75, 3.05) is 6.54 Å². The standard InChI is InChI=1S/C15H21ClN4/c1-2-3-8-15(9-17,10-20-12-18-11-19-20)13-4-6-14(16)7-5-13/h4-7,11-12H,2-3,8-10,17H2,1H3. The maximum absolute atomic E-state index is 6.14. The van der Waals surface area contributed by atoms with E-state index in [1.54, 1.807) is 12.7 Å². The van der Waals surface area contributed by atoms with Crippen molar-refractivity contribution in [2.45, 2.75) is 38.1 Å². The molecule has 0 aliphatic heterocycles. The molecule has 1 aromatic carbocycles. The molecule has 1 unspecified atom stereocenters. The van der Waals surface area contributed by atoms with Gasteiger partial charge in [-0.25, -0.2) is 4.98 Å². The van der Waals surface area contributed by atoms with Gasteiger partial charge in [0.15, 0.2) is 0 Å². The molecular formula is C15H21ClN4. The Bertz CT molecular complexity index is 509. The predicted molar refractivity (Wildman–Crippen MR) is 81.7 cm³/mol. The molecule has 108 valence electrons. The van der Waals surface area contributed by atoms with Crippen molar-refractivity contribution in [3.63, 3.8) is 0 Å². The van der Waals surface area contributed by atoms with Crippen LogP contribution in [0.4, 0.5) is 0 Å². The number of hydrogen-bond acceptors (Lipinski definition) is 3. The van der Waals surface area contributed by atoms with E-state index in [1.165, 1.54) is 5.56 Å². The van der Waals surface area contributed by atoms with Gasteiger partial charge >= 0.3 is 0 Å². The van der Waals surface area contributed by atoms with Crippen molar-refractivity contribution in [3.05, 3.63) is 47.5 Å². The zero-order valence-electron chi connectivity index (χ0n) is 11.8. The lowest BCUT2D eigenvalue weighted by atomic mass is 9.76. The van der Waals surface area contributed by atoms with Gasteiger partial charge in [0, 0.05) is 17.0 Å². The van der Waals surface area contributed by atoms with E-state index in [2.05, 4.69) is 29.1 Å². The summed E-state index contributed by atoms with van der Waals surface area (Å²) in [6, 6.07) is 7.99. The molecule has 0 fully saturated rings. The van der Waals surface area contributed by atoms with Crippen LogP contribution in [0.1, 0.15) is 31.7 Å². The Morgan fingerprint density at radius 1 is 1.30 bits per heavy atom. The summed E-state index contributed by atoms with van der Waals surface area (Å²) < 4.78 is 1.86. The number of rotatable bonds is 7. The molecule has 2 N–H and O–H groups in total. The van der Waals surface area contributed by atoms with Crippen molar-refractivity contribution >= 4 is 11.6 Å². The minimum Gasteiger partial charge on any atom is -0.330 e. The first kappa shape index (κ1) is 15.0. The van der Waals surface area contributed by atoms with Gasteiger partial charge in [0.05, 0.1) is 6.54 Å². The minimum absolute atomic E-state index is 0.117. The second-order valence-electron chi connectivity index (χ2n) is 5.19. The fourth-order valence-corrected chi connectivity index (χ4v) is 2.67. The summed E-state index contributed by atoms with van der Waals surface area (Å²) in [7, 11) is 0. The lowest BCUT2D eigenvalue weighted by Gasteiger charge is -2.33. The SMILES string of the molecule is CCCCC(CN)(Cn1cncn1)c1ccc(Cl)cc1. The second-order valence-corrected chi connectivity index (χ2v) is 5.62. The first-order chi connectivity index (χ1) is 9.70. The molecule has 1 atom stereocenters. The third kappa shape index (κ3) is 3.38. The van der Waals surface area contributed by atoms with Crippen molar-refractivity contribution in [3.8, 4) is 0 Å². The largest absolute Gasteiger partial charge is 0.330 e. The fraction of sp³-hybridized carbons (Fsp3) is 0.467. The van der Waals surface area contributed by atoms with Crippen LogP contribution >= 0.6 is 11.6 Å². The van der Waals surface area contributed by atoms with Crippen LogP contribution in [-0.2, 0) is 12.0 Å². The predicted octanol–water partition coefficient (Wildman–Crippen LogP) is 3.02. The van der Waals surface area contributed by atoms with Gasteiger partial charge in [-0.2, -0.15) is 5.10 Å². The van der Waals surface area contributed by atoms with Crippen LogP contribution in [0.25, 0.3) is 0 Å². The number of nitrogens with two attached hydrogens (primary N) is 1. The van der Waals surface area contributed by atoms with Crippen LogP contribution in [0.5, 0.6) is 0 Å². The van der Waals surface area contributed by atoms with Gasteiger partial charge in [0.2, 0.25) is 0 Å². The van der Waals surface area contributed by atoms with Crippen LogP contribution in [-0.4, -0.2) is 21.3 Å². The monoisotopic (exact) mass is 292 g/mol. The van der Waals surface area contributed by atoms with Gasteiger partial charge in [-0.3, -0.25) is 4.68 Å². The van der Waals surface area contributed by atoms with E-state index in [1.807, 2.05) is 16.8 Å². The Morgan fingerprint density at radius 3 is 2.60 bits per heavy atom. The van der Waals surface area contributed by atoms with Crippen LogP contribution in [0, 0.1) is 0 Å². The van der Waals surface area contributed by atoms with Gasteiger partial charge in [-0.1, -0.05) is 43.5 Å². The third-order valence-corrected chi connectivity index (χ3v) is 4.04. The van der Waals surface area contributed by atoms with Crippen LogP contribution in [0.3, 0.4) is 0 Å². The fourth-order valence-electron chi connectivity index (χ4n) is 2.54. The highest BCUT2D eigenvalue weighted by Gasteiger charge is 2.31. The Kier molecular flexibility index (Phi) is 5.15. The average molecular weight is 293 g/mol. The van der Waals surface area contributed by atoms with E-state index >= 15 is 0 Å². The summed E-state index contributed by atoms with van der Waals surface area (Å²) in [6.07, 6.45) is 6.61. The molecule has 1 heterocycles. The molecule has 0 amide bonds. The summed E-state index contributed by atoms with van der Waals surface area (Å²) in [5, 5.41) is 4.97. The Labute approximate surface area is 125 Å². The smallest absolute Gasteiger partial charge is 0.137 e. The van der Waals surface area contributed by atoms with Crippen LogP contribution in [0.2, 0.25) is 5.02 Å². The first-order valence-corrected chi connectivity index (χ1v) is 7.36. The zero-order chi connectivity index (χ0) is 14.4. The van der Waals surface area contributed by atoms with E-state index < -0.39 is 0 Å². The Morgan fingerprint density at radius 2 is 2.05 bits per heavy atom. The molecule has 0 aliphatic rings. The van der Waals surface area contributed by atoms with E-state index in [0.29, 0.717) is 6.54 Å². The van der Waals surface area contributed by atoms with Crippen molar-refractivity contribution in [1.29, 1.82) is 0 Å². The Hall–Kier alpha value is -1.39. The normalized spacial score (nSPS) is 14.2. The maximum Gasteiger partial charge on any atom is 0.137 e. The maximum atomic E-state index is 6.14. The van der Waals surface area contributed by atoms with Gasteiger partial charge in [-0.15, -0.1) is 0 Å². The molecule has 0 bridgehead atoms. The summed E-state index contributed by atoms with van der Waals surface area (Å²) in [5.74, 6) is 0. The third-order valence-electron chi connectivity index (χ3n) is 3.79. The molecular weight excluding hydrogens is 272 g/mol. The van der Waals surface area contributed by atoms with E-state index in [0.717, 1.165) is 30.8 Å². The summed E-state index contributed by atoms with van der Waals surface area (Å²) in [6.45, 7) is 3.51. The second kappa shape index (κ2) is 6.86. The van der Waals surface area contributed by atoms with Gasteiger partial charge in [0.25, 0.3) is 0 Å². The first-order valence-electron chi connectivity index (χ1n) is 6.99. The summed E-state index contributed by atoms with van der Waals surface area (Å²) in [5.41, 5.74) is 7.24.